The first-order valence-corrected chi connectivity index (χ1v) is 16.4. The van der Waals surface area contributed by atoms with Crippen molar-refractivity contribution < 1.29 is 0 Å². The zero-order valence-electron chi connectivity index (χ0n) is 24.5. The van der Waals surface area contributed by atoms with Gasteiger partial charge >= 0.3 is 0 Å². The molecule has 212 valence electrons. The molecule has 0 aliphatic carbocycles. The maximum atomic E-state index is 5.57. The van der Waals surface area contributed by atoms with Crippen LogP contribution in [0.4, 0.5) is 0 Å². The average Bonchev–Trinajstić information content (AvgIpc) is 3.66. The maximum absolute atomic E-state index is 5.57. The number of fused-ring (bicyclic) bond motifs is 6. The Balaban J connectivity index is 1.43. The second-order valence-corrected chi connectivity index (χ2v) is 13.2. The van der Waals surface area contributed by atoms with Crippen LogP contribution in [-0.4, -0.2) is 14.5 Å². The second-order valence-electron chi connectivity index (χ2n) is 12.1. The van der Waals surface area contributed by atoms with Crippen molar-refractivity contribution in [1.29, 1.82) is 0 Å². The summed E-state index contributed by atoms with van der Waals surface area (Å²) >= 11 is 1.88. The predicted octanol–water partition coefficient (Wildman–Crippen LogP) is 11.7. The zero-order valence-corrected chi connectivity index (χ0v) is 25.3. The lowest BCUT2D eigenvalue weighted by molar-refractivity contribution is 1.08. The van der Waals surface area contributed by atoms with Crippen molar-refractivity contribution >= 4 is 96.7 Å². The van der Waals surface area contributed by atoms with Gasteiger partial charge in [-0.1, -0.05) is 109 Å². The molecule has 0 N–H and O–H groups in total. The zero-order chi connectivity index (χ0) is 29.9. The Morgan fingerprint density at radius 3 is 1.96 bits per heavy atom. The molecule has 0 saturated heterocycles. The molecule has 0 spiro atoms. The SMILES string of the molecule is c1ccc(-c2nc3ccc4ccccc4c3nc2-n2c3cccc4c5ccccc5c5cccc6sc7ccc2c(c7c65)c43)cc1. The molecule has 3 aromatic heterocycles. The first-order chi connectivity index (χ1) is 22.8. The fourth-order valence-electron chi connectivity index (χ4n) is 7.81. The van der Waals surface area contributed by atoms with Gasteiger partial charge in [-0.05, 0) is 57.3 Å². The molecular formula is C42H23N3S. The van der Waals surface area contributed by atoms with Gasteiger partial charge in [-0.3, -0.25) is 4.57 Å². The van der Waals surface area contributed by atoms with E-state index in [1.165, 1.54) is 52.5 Å². The Labute approximate surface area is 266 Å². The molecule has 4 heteroatoms. The topological polar surface area (TPSA) is 30.7 Å². The molecule has 0 fully saturated rings. The van der Waals surface area contributed by atoms with Crippen LogP contribution in [-0.2, 0) is 0 Å². The maximum Gasteiger partial charge on any atom is 0.165 e. The summed E-state index contributed by atoms with van der Waals surface area (Å²) in [5.41, 5.74) is 6.02. The number of rotatable bonds is 2. The molecule has 11 aromatic rings. The van der Waals surface area contributed by atoms with Gasteiger partial charge in [0.05, 0.1) is 22.1 Å². The molecule has 0 saturated carbocycles. The molecule has 3 heterocycles. The van der Waals surface area contributed by atoms with Gasteiger partial charge in [0.15, 0.2) is 5.82 Å². The summed E-state index contributed by atoms with van der Waals surface area (Å²) in [7, 11) is 0. The summed E-state index contributed by atoms with van der Waals surface area (Å²) < 4.78 is 5.00. The van der Waals surface area contributed by atoms with Crippen LogP contribution < -0.4 is 0 Å². The quantitative estimate of drug-likeness (QED) is 0.185. The first kappa shape index (κ1) is 24.5. The number of nitrogens with zero attached hydrogens (tertiary/aromatic N) is 3. The second kappa shape index (κ2) is 8.87. The van der Waals surface area contributed by atoms with Crippen LogP contribution in [0.2, 0.25) is 0 Å². The molecule has 0 radical (unpaired) electrons. The van der Waals surface area contributed by atoms with Crippen LogP contribution in [0.25, 0.3) is 102 Å². The minimum absolute atomic E-state index is 0.846. The first-order valence-electron chi connectivity index (χ1n) is 15.6. The molecule has 0 bridgehead atoms. The Morgan fingerprint density at radius 2 is 1.11 bits per heavy atom. The summed E-state index contributed by atoms with van der Waals surface area (Å²) in [6, 6.07) is 50.2. The third kappa shape index (κ3) is 3.11. The molecule has 11 rings (SSSR count). The van der Waals surface area contributed by atoms with E-state index in [0.29, 0.717) is 0 Å². The molecule has 0 aliphatic heterocycles. The summed E-state index contributed by atoms with van der Waals surface area (Å²) in [5.74, 6) is 0.846. The van der Waals surface area contributed by atoms with E-state index in [0.717, 1.165) is 49.9 Å². The van der Waals surface area contributed by atoms with E-state index in [4.69, 9.17) is 9.97 Å². The normalized spacial score (nSPS) is 12.3. The third-order valence-electron chi connectivity index (χ3n) is 9.72. The minimum atomic E-state index is 0.846. The lowest BCUT2D eigenvalue weighted by Gasteiger charge is -2.14. The number of hydrogen-bond acceptors (Lipinski definition) is 3. The Kier molecular flexibility index (Phi) is 4.72. The summed E-state index contributed by atoms with van der Waals surface area (Å²) in [6.07, 6.45) is 0. The van der Waals surface area contributed by atoms with Crippen LogP contribution >= 0.6 is 11.3 Å². The molecule has 46 heavy (non-hydrogen) atoms. The highest BCUT2D eigenvalue weighted by Crippen LogP contribution is 2.49. The van der Waals surface area contributed by atoms with Crippen molar-refractivity contribution in [3.05, 3.63) is 140 Å². The molecule has 0 atom stereocenters. The van der Waals surface area contributed by atoms with E-state index in [-0.39, 0.29) is 0 Å². The highest BCUT2D eigenvalue weighted by Gasteiger charge is 2.24. The average molecular weight is 602 g/mol. The van der Waals surface area contributed by atoms with Crippen LogP contribution in [0.15, 0.2) is 140 Å². The fourth-order valence-corrected chi connectivity index (χ4v) is 8.95. The molecular weight excluding hydrogens is 579 g/mol. The van der Waals surface area contributed by atoms with Gasteiger partial charge in [0.2, 0.25) is 0 Å². The van der Waals surface area contributed by atoms with Gasteiger partial charge in [-0.2, -0.15) is 0 Å². The van der Waals surface area contributed by atoms with Crippen molar-refractivity contribution in [3.63, 3.8) is 0 Å². The number of aromatic nitrogens is 3. The van der Waals surface area contributed by atoms with E-state index in [9.17, 15) is 0 Å². The molecule has 3 nitrogen and oxygen atoms in total. The molecule has 0 aliphatic rings. The lowest BCUT2D eigenvalue weighted by atomic mass is 9.95. The van der Waals surface area contributed by atoms with E-state index >= 15 is 0 Å². The number of benzene rings is 7. The van der Waals surface area contributed by atoms with Crippen molar-refractivity contribution in [2.24, 2.45) is 0 Å². The van der Waals surface area contributed by atoms with Gasteiger partial charge in [-0.15, -0.1) is 11.3 Å². The predicted molar refractivity (Wildman–Crippen MR) is 196 cm³/mol. The summed E-state index contributed by atoms with van der Waals surface area (Å²) in [6.45, 7) is 0. The van der Waals surface area contributed by atoms with E-state index in [1.807, 2.05) is 11.3 Å². The molecule has 0 amide bonds. The van der Waals surface area contributed by atoms with Gasteiger partial charge in [0.25, 0.3) is 0 Å². The van der Waals surface area contributed by atoms with Crippen molar-refractivity contribution in [3.8, 4) is 17.1 Å². The fraction of sp³-hybridized carbons (Fsp3) is 0. The largest absolute Gasteiger partial charge is 0.292 e. The van der Waals surface area contributed by atoms with Gasteiger partial charge < -0.3 is 0 Å². The monoisotopic (exact) mass is 601 g/mol. The minimum Gasteiger partial charge on any atom is -0.292 e. The lowest BCUT2D eigenvalue weighted by Crippen LogP contribution is -2.04. The van der Waals surface area contributed by atoms with Crippen LogP contribution in [0.5, 0.6) is 0 Å². The Morgan fingerprint density at radius 1 is 0.435 bits per heavy atom. The van der Waals surface area contributed by atoms with Crippen molar-refractivity contribution in [1.82, 2.24) is 14.5 Å². The molecule has 8 aromatic carbocycles. The Hall–Kier alpha value is -5.84. The summed E-state index contributed by atoms with van der Waals surface area (Å²) in [4.78, 5) is 10.9. The van der Waals surface area contributed by atoms with Crippen molar-refractivity contribution in [2.45, 2.75) is 0 Å². The van der Waals surface area contributed by atoms with Gasteiger partial charge in [0.1, 0.15) is 5.69 Å². The van der Waals surface area contributed by atoms with Crippen LogP contribution in [0.3, 0.4) is 0 Å². The highest BCUT2D eigenvalue weighted by molar-refractivity contribution is 7.26. The Bertz CT molecular complexity index is 3020. The van der Waals surface area contributed by atoms with Crippen molar-refractivity contribution in [2.75, 3.05) is 0 Å². The van der Waals surface area contributed by atoms with E-state index in [1.54, 1.807) is 0 Å². The standard InChI is InChI=1S/C42H23N3S/c1-2-11-25(12-3-1)40-42(44-41-26-13-5-4-10-24(26)20-21-31(41)43-40)45-32-18-8-16-29-27-14-6-7-15-28(27)30-17-9-19-34-37(30)39-35(46-34)23-22-33(45)38(39)36(29)32/h1-23H. The number of hydrogen-bond donors (Lipinski definition) is 0. The van der Waals surface area contributed by atoms with E-state index in [2.05, 4.69) is 144 Å². The molecule has 0 unspecified atom stereocenters. The van der Waals surface area contributed by atoms with Gasteiger partial charge in [-0.25, -0.2) is 9.97 Å². The smallest absolute Gasteiger partial charge is 0.165 e. The highest BCUT2D eigenvalue weighted by atomic mass is 32.1. The number of thiophene rings is 1. The van der Waals surface area contributed by atoms with E-state index < -0.39 is 0 Å². The third-order valence-corrected chi connectivity index (χ3v) is 10.8. The van der Waals surface area contributed by atoms with Crippen LogP contribution in [0.1, 0.15) is 0 Å². The van der Waals surface area contributed by atoms with Crippen LogP contribution in [0, 0.1) is 0 Å². The summed E-state index contributed by atoms with van der Waals surface area (Å²) in [5, 5.41) is 12.6. The van der Waals surface area contributed by atoms with Gasteiger partial charge in [0, 0.05) is 41.9 Å².